The van der Waals surface area contributed by atoms with Crippen LogP contribution in [0.5, 0.6) is 5.75 Å². The molecule has 1 aliphatic heterocycles. The molecule has 110 valence electrons. The summed E-state index contributed by atoms with van der Waals surface area (Å²) in [7, 11) is 1.72. The summed E-state index contributed by atoms with van der Waals surface area (Å²) in [6, 6.07) is 6.51. The molecule has 1 heterocycles. The van der Waals surface area contributed by atoms with Crippen molar-refractivity contribution in [2.45, 2.75) is 39.2 Å². The lowest BCUT2D eigenvalue weighted by Crippen LogP contribution is -2.26. The number of nitrogens with one attached hydrogen (secondary N) is 1. The van der Waals surface area contributed by atoms with E-state index in [9.17, 15) is 0 Å². The summed E-state index contributed by atoms with van der Waals surface area (Å²) >= 11 is 0. The zero-order chi connectivity index (χ0) is 14.4. The van der Waals surface area contributed by atoms with Crippen molar-refractivity contribution >= 4 is 0 Å². The summed E-state index contributed by atoms with van der Waals surface area (Å²) in [6.07, 6.45) is 5.53. The maximum atomic E-state index is 5.85. The topological polar surface area (TPSA) is 30.5 Å². The van der Waals surface area contributed by atoms with Crippen LogP contribution in [0.3, 0.4) is 0 Å². The largest absolute Gasteiger partial charge is 0.496 e. The Bertz CT molecular complexity index is 468. The van der Waals surface area contributed by atoms with Gasteiger partial charge in [0, 0.05) is 0 Å². The van der Waals surface area contributed by atoms with E-state index in [1.54, 1.807) is 7.11 Å². The number of ether oxygens (including phenoxy) is 2. The molecule has 0 bridgehead atoms. The average molecular weight is 275 g/mol. The standard InChI is InChI=1S/C17H25NO2/c1-4-10-18-17(15-7-5-6-11-20-15)14-9-8-13(2)16(12-14)19-3/h7-9,12,17-18H,4-6,10-11H2,1-3H3. The van der Waals surface area contributed by atoms with Gasteiger partial charge in [0.2, 0.25) is 0 Å². The van der Waals surface area contributed by atoms with E-state index in [0.29, 0.717) is 0 Å². The second kappa shape index (κ2) is 7.34. The predicted molar refractivity (Wildman–Crippen MR) is 82.0 cm³/mol. The maximum absolute atomic E-state index is 5.85. The zero-order valence-corrected chi connectivity index (χ0v) is 12.7. The van der Waals surface area contributed by atoms with Crippen LogP contribution < -0.4 is 10.1 Å². The summed E-state index contributed by atoms with van der Waals surface area (Å²) < 4.78 is 11.3. The molecule has 1 unspecified atom stereocenters. The van der Waals surface area contributed by atoms with Gasteiger partial charge in [-0.25, -0.2) is 0 Å². The van der Waals surface area contributed by atoms with Gasteiger partial charge in [-0.3, -0.25) is 0 Å². The number of methoxy groups -OCH3 is 1. The Kier molecular flexibility index (Phi) is 5.48. The number of hydrogen-bond donors (Lipinski definition) is 1. The second-order valence-electron chi connectivity index (χ2n) is 5.21. The van der Waals surface area contributed by atoms with E-state index in [0.717, 1.165) is 49.5 Å². The van der Waals surface area contributed by atoms with Crippen molar-refractivity contribution in [3.63, 3.8) is 0 Å². The first-order valence-corrected chi connectivity index (χ1v) is 7.47. The van der Waals surface area contributed by atoms with Crippen LogP contribution >= 0.6 is 0 Å². The Morgan fingerprint density at radius 1 is 1.40 bits per heavy atom. The molecule has 0 aliphatic carbocycles. The molecule has 0 saturated carbocycles. The maximum Gasteiger partial charge on any atom is 0.122 e. The van der Waals surface area contributed by atoms with Crippen molar-refractivity contribution in [3.8, 4) is 5.75 Å². The lowest BCUT2D eigenvalue weighted by Gasteiger charge is -2.25. The SMILES string of the molecule is CCCNC(C1=CCCCO1)c1ccc(C)c(OC)c1. The number of hydrogen-bond acceptors (Lipinski definition) is 3. The molecular weight excluding hydrogens is 250 g/mol. The third-order valence-electron chi connectivity index (χ3n) is 3.61. The van der Waals surface area contributed by atoms with Crippen LogP contribution in [0, 0.1) is 6.92 Å². The molecule has 0 spiro atoms. The molecule has 1 atom stereocenters. The summed E-state index contributed by atoms with van der Waals surface area (Å²) in [6.45, 7) is 6.03. The first kappa shape index (κ1) is 14.9. The van der Waals surface area contributed by atoms with Crippen molar-refractivity contribution in [1.82, 2.24) is 5.32 Å². The van der Waals surface area contributed by atoms with E-state index < -0.39 is 0 Å². The van der Waals surface area contributed by atoms with E-state index in [4.69, 9.17) is 9.47 Å². The van der Waals surface area contributed by atoms with Crippen LogP contribution in [0.15, 0.2) is 30.0 Å². The molecule has 3 nitrogen and oxygen atoms in total. The van der Waals surface area contributed by atoms with Crippen LogP contribution in [0.1, 0.15) is 43.4 Å². The minimum absolute atomic E-state index is 0.129. The Hall–Kier alpha value is -1.48. The fraction of sp³-hybridized carbons (Fsp3) is 0.529. The fourth-order valence-corrected chi connectivity index (χ4v) is 2.47. The minimum Gasteiger partial charge on any atom is -0.496 e. The quantitative estimate of drug-likeness (QED) is 0.858. The van der Waals surface area contributed by atoms with Crippen molar-refractivity contribution in [2.24, 2.45) is 0 Å². The van der Waals surface area contributed by atoms with E-state index in [-0.39, 0.29) is 6.04 Å². The van der Waals surface area contributed by atoms with Crippen molar-refractivity contribution in [1.29, 1.82) is 0 Å². The van der Waals surface area contributed by atoms with Gasteiger partial charge in [0.05, 0.1) is 19.8 Å². The van der Waals surface area contributed by atoms with Gasteiger partial charge >= 0.3 is 0 Å². The molecule has 1 aromatic carbocycles. The molecule has 0 radical (unpaired) electrons. The molecule has 1 aliphatic rings. The number of benzene rings is 1. The van der Waals surface area contributed by atoms with Gasteiger partial charge < -0.3 is 14.8 Å². The van der Waals surface area contributed by atoms with Crippen LogP contribution in [-0.2, 0) is 4.74 Å². The van der Waals surface area contributed by atoms with Crippen LogP contribution in [0.2, 0.25) is 0 Å². The summed E-state index contributed by atoms with van der Waals surface area (Å²) in [4.78, 5) is 0. The lowest BCUT2D eigenvalue weighted by molar-refractivity contribution is 0.167. The van der Waals surface area contributed by atoms with Gasteiger partial charge in [0.25, 0.3) is 0 Å². The molecule has 0 amide bonds. The summed E-state index contributed by atoms with van der Waals surface area (Å²) in [5, 5.41) is 3.58. The highest BCUT2D eigenvalue weighted by molar-refractivity contribution is 5.39. The zero-order valence-electron chi connectivity index (χ0n) is 12.7. The van der Waals surface area contributed by atoms with Gasteiger partial charge in [0.15, 0.2) is 0 Å². The normalized spacial score (nSPS) is 16.2. The average Bonchev–Trinajstić information content (AvgIpc) is 2.50. The molecule has 20 heavy (non-hydrogen) atoms. The van der Waals surface area contributed by atoms with Crippen LogP contribution in [-0.4, -0.2) is 20.3 Å². The minimum atomic E-state index is 0.129. The third-order valence-corrected chi connectivity index (χ3v) is 3.61. The predicted octanol–water partition coefficient (Wildman–Crippen LogP) is 3.74. The first-order valence-electron chi connectivity index (χ1n) is 7.47. The number of allylic oxidation sites excluding steroid dienone is 1. The molecule has 2 rings (SSSR count). The van der Waals surface area contributed by atoms with Crippen molar-refractivity contribution in [3.05, 3.63) is 41.2 Å². The van der Waals surface area contributed by atoms with E-state index >= 15 is 0 Å². The third kappa shape index (κ3) is 3.54. The first-order chi connectivity index (χ1) is 9.76. The molecule has 0 aromatic heterocycles. The van der Waals surface area contributed by atoms with Crippen molar-refractivity contribution in [2.75, 3.05) is 20.3 Å². The van der Waals surface area contributed by atoms with Gasteiger partial charge in [-0.15, -0.1) is 0 Å². The number of rotatable bonds is 6. The Morgan fingerprint density at radius 3 is 2.90 bits per heavy atom. The highest BCUT2D eigenvalue weighted by atomic mass is 16.5. The van der Waals surface area contributed by atoms with Gasteiger partial charge in [-0.1, -0.05) is 19.1 Å². The molecule has 0 fully saturated rings. The monoisotopic (exact) mass is 275 g/mol. The fourth-order valence-electron chi connectivity index (χ4n) is 2.47. The van der Waals surface area contributed by atoms with Crippen LogP contribution in [0.4, 0.5) is 0 Å². The van der Waals surface area contributed by atoms with E-state index in [2.05, 4.69) is 43.4 Å². The highest BCUT2D eigenvalue weighted by Gasteiger charge is 2.20. The van der Waals surface area contributed by atoms with Gasteiger partial charge in [-0.05, 0) is 56.0 Å². The molecule has 0 saturated heterocycles. The molecular formula is C17H25NO2. The van der Waals surface area contributed by atoms with Gasteiger partial charge in [0.1, 0.15) is 11.5 Å². The van der Waals surface area contributed by atoms with E-state index in [1.165, 1.54) is 5.56 Å². The lowest BCUT2D eigenvalue weighted by atomic mass is 10.0. The Balaban J connectivity index is 2.27. The molecule has 1 aromatic rings. The van der Waals surface area contributed by atoms with Crippen LogP contribution in [0.25, 0.3) is 0 Å². The van der Waals surface area contributed by atoms with Gasteiger partial charge in [-0.2, -0.15) is 0 Å². The van der Waals surface area contributed by atoms with Crippen molar-refractivity contribution < 1.29 is 9.47 Å². The molecule has 3 heteroatoms. The Labute approximate surface area is 122 Å². The molecule has 1 N–H and O–H groups in total. The number of aryl methyl sites for hydroxylation is 1. The summed E-state index contributed by atoms with van der Waals surface area (Å²) in [5.74, 6) is 1.98. The Morgan fingerprint density at radius 2 is 2.25 bits per heavy atom. The summed E-state index contributed by atoms with van der Waals surface area (Å²) in [5.41, 5.74) is 2.36. The smallest absolute Gasteiger partial charge is 0.122 e. The van der Waals surface area contributed by atoms with E-state index in [1.807, 2.05) is 0 Å². The highest BCUT2D eigenvalue weighted by Crippen LogP contribution is 2.29. The second-order valence-corrected chi connectivity index (χ2v) is 5.21.